The summed E-state index contributed by atoms with van der Waals surface area (Å²) in [6, 6.07) is 7.04. The Morgan fingerprint density at radius 1 is 1.17 bits per heavy atom. The topological polar surface area (TPSA) is 98.3 Å². The first kappa shape index (κ1) is 15.6. The smallest absolute Gasteiger partial charge is 0.269 e. The summed E-state index contributed by atoms with van der Waals surface area (Å²) in [5, 5.41) is 14.8. The van der Waals surface area contributed by atoms with Gasteiger partial charge in [-0.1, -0.05) is 0 Å². The van der Waals surface area contributed by atoms with Crippen LogP contribution in [0.5, 0.6) is 0 Å². The molecule has 0 saturated carbocycles. The predicted octanol–water partition coefficient (Wildman–Crippen LogP) is 1.82. The molecule has 23 heavy (non-hydrogen) atoms. The molecule has 0 N–H and O–H groups in total. The molecule has 0 unspecified atom stereocenters. The number of hydrogen-bond acceptors (Lipinski definition) is 5. The fourth-order valence-electron chi connectivity index (χ4n) is 2.73. The van der Waals surface area contributed by atoms with Crippen molar-refractivity contribution in [3.05, 3.63) is 52.8 Å². The molecule has 8 nitrogen and oxygen atoms in total. The zero-order valence-corrected chi connectivity index (χ0v) is 13.1. The van der Waals surface area contributed by atoms with Crippen LogP contribution in [-0.2, 0) is 10.0 Å². The third-order valence-electron chi connectivity index (χ3n) is 4.01. The molecule has 2 aromatic rings. The van der Waals surface area contributed by atoms with Gasteiger partial charge in [0.15, 0.2) is 0 Å². The van der Waals surface area contributed by atoms with Gasteiger partial charge in [0.2, 0.25) is 10.0 Å². The predicted molar refractivity (Wildman–Crippen MR) is 82.4 cm³/mol. The number of non-ortho nitro benzene ring substituents is 1. The summed E-state index contributed by atoms with van der Waals surface area (Å²) in [5.41, 5.74) is -0.124. The third-order valence-corrected chi connectivity index (χ3v) is 5.92. The SMILES string of the molecule is O=[N+]([O-])c1ccc(S(=O)(=O)N2CCC(n3cccn3)CC2)cc1. The van der Waals surface area contributed by atoms with Crippen LogP contribution in [0.15, 0.2) is 47.6 Å². The molecule has 2 heterocycles. The molecule has 9 heteroatoms. The molecule has 1 aromatic carbocycles. The summed E-state index contributed by atoms with van der Waals surface area (Å²) in [6.07, 6.45) is 4.97. The lowest BCUT2D eigenvalue weighted by Crippen LogP contribution is -2.39. The van der Waals surface area contributed by atoms with Crippen molar-refractivity contribution >= 4 is 15.7 Å². The number of rotatable bonds is 4. The van der Waals surface area contributed by atoms with E-state index in [0.29, 0.717) is 25.9 Å². The Morgan fingerprint density at radius 2 is 1.83 bits per heavy atom. The molecule has 1 fully saturated rings. The zero-order chi connectivity index (χ0) is 16.4. The molecule has 0 atom stereocenters. The molecule has 0 radical (unpaired) electrons. The molecule has 0 spiro atoms. The van der Waals surface area contributed by atoms with Gasteiger partial charge in [-0.3, -0.25) is 14.8 Å². The molecule has 1 saturated heterocycles. The van der Waals surface area contributed by atoms with E-state index in [4.69, 9.17) is 0 Å². The van der Waals surface area contributed by atoms with Crippen molar-refractivity contribution in [2.24, 2.45) is 0 Å². The molecular weight excluding hydrogens is 320 g/mol. The number of piperidine rings is 1. The normalized spacial score (nSPS) is 17.2. The van der Waals surface area contributed by atoms with E-state index < -0.39 is 14.9 Å². The van der Waals surface area contributed by atoms with Crippen molar-refractivity contribution in [1.82, 2.24) is 14.1 Å². The number of hydrogen-bond donors (Lipinski definition) is 0. The number of nitro benzene ring substituents is 1. The van der Waals surface area contributed by atoms with E-state index in [9.17, 15) is 18.5 Å². The van der Waals surface area contributed by atoms with Crippen molar-refractivity contribution in [3.8, 4) is 0 Å². The molecule has 3 rings (SSSR count). The lowest BCUT2D eigenvalue weighted by Gasteiger charge is -2.31. The lowest BCUT2D eigenvalue weighted by molar-refractivity contribution is -0.384. The van der Waals surface area contributed by atoms with E-state index in [0.717, 1.165) is 0 Å². The van der Waals surface area contributed by atoms with E-state index in [-0.39, 0.29) is 16.6 Å². The van der Waals surface area contributed by atoms with Crippen LogP contribution in [0.3, 0.4) is 0 Å². The van der Waals surface area contributed by atoms with Crippen molar-refractivity contribution in [3.63, 3.8) is 0 Å². The average molecular weight is 336 g/mol. The van der Waals surface area contributed by atoms with Crippen LogP contribution in [0, 0.1) is 10.1 Å². The molecular formula is C14H16N4O4S. The number of nitro groups is 1. The van der Waals surface area contributed by atoms with Crippen LogP contribution in [0.2, 0.25) is 0 Å². The summed E-state index contributed by atoms with van der Waals surface area (Å²) in [4.78, 5) is 10.2. The summed E-state index contributed by atoms with van der Waals surface area (Å²) < 4.78 is 28.5. The molecule has 122 valence electrons. The van der Waals surface area contributed by atoms with Gasteiger partial charge in [-0.05, 0) is 31.0 Å². The van der Waals surface area contributed by atoms with Gasteiger partial charge in [0, 0.05) is 37.6 Å². The van der Waals surface area contributed by atoms with Gasteiger partial charge in [-0.15, -0.1) is 0 Å². The van der Waals surface area contributed by atoms with Crippen LogP contribution < -0.4 is 0 Å². The van der Waals surface area contributed by atoms with Crippen LogP contribution >= 0.6 is 0 Å². The molecule has 0 aliphatic carbocycles. The summed E-state index contributed by atoms with van der Waals surface area (Å²) in [5.74, 6) is 0. The van der Waals surface area contributed by atoms with Gasteiger partial charge in [-0.25, -0.2) is 8.42 Å². The highest BCUT2D eigenvalue weighted by atomic mass is 32.2. The Labute approximate surface area is 133 Å². The van der Waals surface area contributed by atoms with Crippen LogP contribution in [0.25, 0.3) is 0 Å². The zero-order valence-electron chi connectivity index (χ0n) is 12.3. The first-order chi connectivity index (χ1) is 11.0. The average Bonchev–Trinajstić information content (AvgIpc) is 3.09. The highest BCUT2D eigenvalue weighted by molar-refractivity contribution is 7.89. The maximum atomic E-state index is 12.6. The minimum atomic E-state index is -3.62. The van der Waals surface area contributed by atoms with Gasteiger partial charge in [0.05, 0.1) is 15.9 Å². The molecule has 1 aliphatic heterocycles. The fourth-order valence-corrected chi connectivity index (χ4v) is 4.20. The summed E-state index contributed by atoms with van der Waals surface area (Å²) in [7, 11) is -3.62. The van der Waals surface area contributed by atoms with E-state index in [1.807, 2.05) is 16.9 Å². The number of sulfonamides is 1. The lowest BCUT2D eigenvalue weighted by atomic mass is 10.1. The van der Waals surface area contributed by atoms with Crippen molar-refractivity contribution in [2.45, 2.75) is 23.8 Å². The van der Waals surface area contributed by atoms with Gasteiger partial charge in [0.1, 0.15) is 0 Å². The Balaban J connectivity index is 1.72. The second kappa shape index (κ2) is 6.09. The van der Waals surface area contributed by atoms with E-state index in [2.05, 4.69) is 5.10 Å². The quantitative estimate of drug-likeness (QED) is 0.626. The Bertz CT molecular complexity index is 779. The highest BCUT2D eigenvalue weighted by Gasteiger charge is 2.30. The van der Waals surface area contributed by atoms with E-state index in [1.165, 1.54) is 28.6 Å². The largest absolute Gasteiger partial charge is 0.270 e. The second-order valence-corrected chi connectivity index (χ2v) is 7.31. The molecule has 1 aromatic heterocycles. The van der Waals surface area contributed by atoms with E-state index in [1.54, 1.807) is 6.20 Å². The number of aromatic nitrogens is 2. The summed E-state index contributed by atoms with van der Waals surface area (Å²) in [6.45, 7) is 0.813. The maximum absolute atomic E-state index is 12.6. The van der Waals surface area contributed by atoms with Gasteiger partial charge < -0.3 is 0 Å². The van der Waals surface area contributed by atoms with Crippen molar-refractivity contribution < 1.29 is 13.3 Å². The van der Waals surface area contributed by atoms with Crippen molar-refractivity contribution in [1.29, 1.82) is 0 Å². The molecule has 0 bridgehead atoms. The number of benzene rings is 1. The monoisotopic (exact) mass is 336 g/mol. The highest BCUT2D eigenvalue weighted by Crippen LogP contribution is 2.27. The Morgan fingerprint density at radius 3 is 2.35 bits per heavy atom. The minimum absolute atomic E-state index is 0.0839. The number of nitrogens with zero attached hydrogens (tertiary/aromatic N) is 4. The maximum Gasteiger partial charge on any atom is 0.269 e. The van der Waals surface area contributed by atoms with Crippen LogP contribution in [0.1, 0.15) is 18.9 Å². The van der Waals surface area contributed by atoms with Crippen molar-refractivity contribution in [2.75, 3.05) is 13.1 Å². The van der Waals surface area contributed by atoms with Gasteiger partial charge >= 0.3 is 0 Å². The first-order valence-corrected chi connectivity index (χ1v) is 8.66. The minimum Gasteiger partial charge on any atom is -0.270 e. The Hall–Kier alpha value is -2.26. The molecule has 0 amide bonds. The fraction of sp³-hybridized carbons (Fsp3) is 0.357. The summed E-state index contributed by atoms with van der Waals surface area (Å²) >= 11 is 0. The van der Waals surface area contributed by atoms with Crippen LogP contribution in [-0.4, -0.2) is 40.5 Å². The Kier molecular flexibility index (Phi) is 4.14. The van der Waals surface area contributed by atoms with Gasteiger partial charge in [-0.2, -0.15) is 9.40 Å². The van der Waals surface area contributed by atoms with Gasteiger partial charge in [0.25, 0.3) is 5.69 Å². The molecule has 1 aliphatic rings. The second-order valence-electron chi connectivity index (χ2n) is 5.37. The standard InChI is InChI=1S/C14H16N4O4S/c19-18(20)13-2-4-14(5-3-13)23(21,22)16-10-6-12(7-11-16)17-9-1-8-15-17/h1-5,8-9,12H,6-7,10-11H2. The van der Waals surface area contributed by atoms with Crippen LogP contribution in [0.4, 0.5) is 5.69 Å². The third kappa shape index (κ3) is 3.10. The first-order valence-electron chi connectivity index (χ1n) is 7.22. The van der Waals surface area contributed by atoms with E-state index >= 15 is 0 Å².